The summed E-state index contributed by atoms with van der Waals surface area (Å²) in [5, 5.41) is 20.7. The number of anilines is 1. The maximum Gasteiger partial charge on any atom is 0.237 e. The van der Waals surface area contributed by atoms with Crippen LogP contribution in [0, 0.1) is 11.3 Å². The van der Waals surface area contributed by atoms with Gasteiger partial charge in [-0.3, -0.25) is 14.3 Å². The molecule has 1 amide bonds. The highest BCUT2D eigenvalue weighted by Crippen LogP contribution is 2.28. The van der Waals surface area contributed by atoms with Crippen LogP contribution in [-0.4, -0.2) is 30.9 Å². The molecule has 0 aliphatic carbocycles. The molecule has 0 fully saturated rings. The van der Waals surface area contributed by atoms with E-state index in [0.717, 1.165) is 11.3 Å². The minimum absolute atomic E-state index is 0.199. The van der Waals surface area contributed by atoms with Crippen LogP contribution in [0.5, 0.6) is 0 Å². The molecule has 1 unspecified atom stereocenters. The molecule has 1 atom stereocenters. The Morgan fingerprint density at radius 3 is 2.90 bits per heavy atom. The van der Waals surface area contributed by atoms with Crippen molar-refractivity contribution in [2.45, 2.75) is 23.9 Å². The van der Waals surface area contributed by atoms with Crippen LogP contribution in [0.4, 0.5) is 5.69 Å². The summed E-state index contributed by atoms with van der Waals surface area (Å²) >= 11 is 1.30. The topological polar surface area (TPSA) is 110 Å². The van der Waals surface area contributed by atoms with Gasteiger partial charge < -0.3 is 9.73 Å². The second kappa shape index (κ2) is 9.28. The lowest BCUT2D eigenvalue weighted by molar-refractivity contribution is -0.115. The number of nitrogens with zero attached hydrogens (tertiary/aromatic N) is 5. The third-order valence-electron chi connectivity index (χ3n) is 4.44. The van der Waals surface area contributed by atoms with Crippen molar-refractivity contribution in [2.24, 2.45) is 0 Å². The minimum Gasteiger partial charge on any atom is -0.467 e. The van der Waals surface area contributed by atoms with Gasteiger partial charge in [0.05, 0.1) is 29.7 Å². The smallest absolute Gasteiger partial charge is 0.237 e. The largest absolute Gasteiger partial charge is 0.467 e. The fraction of sp³-hybridized carbons (Fsp3) is 0.136. The van der Waals surface area contributed by atoms with Crippen molar-refractivity contribution in [3.8, 4) is 17.5 Å². The van der Waals surface area contributed by atoms with Gasteiger partial charge >= 0.3 is 0 Å². The molecule has 8 nitrogen and oxygen atoms in total. The molecule has 154 valence electrons. The second-order valence-electron chi connectivity index (χ2n) is 6.66. The summed E-state index contributed by atoms with van der Waals surface area (Å²) in [6.45, 7) is 2.22. The molecule has 0 spiro atoms. The number of rotatable bonds is 7. The summed E-state index contributed by atoms with van der Waals surface area (Å²) in [7, 11) is 0. The Bertz CT molecular complexity index is 1210. The summed E-state index contributed by atoms with van der Waals surface area (Å²) in [6.07, 6.45) is 5.03. The molecule has 0 aliphatic heterocycles. The van der Waals surface area contributed by atoms with Gasteiger partial charge in [-0.25, -0.2) is 0 Å². The first-order valence-corrected chi connectivity index (χ1v) is 10.4. The van der Waals surface area contributed by atoms with Gasteiger partial charge in [-0.15, -0.1) is 10.2 Å². The van der Waals surface area contributed by atoms with E-state index in [1.165, 1.54) is 11.8 Å². The minimum atomic E-state index is -0.452. The van der Waals surface area contributed by atoms with Crippen LogP contribution < -0.4 is 5.32 Å². The maximum absolute atomic E-state index is 12.7. The van der Waals surface area contributed by atoms with Gasteiger partial charge in [-0.2, -0.15) is 5.26 Å². The molecule has 0 bridgehead atoms. The Morgan fingerprint density at radius 1 is 1.26 bits per heavy atom. The van der Waals surface area contributed by atoms with Crippen molar-refractivity contribution in [2.75, 3.05) is 5.32 Å². The summed E-state index contributed by atoms with van der Waals surface area (Å²) < 4.78 is 7.40. The molecule has 0 aliphatic rings. The number of nitriles is 1. The van der Waals surface area contributed by atoms with Crippen molar-refractivity contribution in [1.29, 1.82) is 5.26 Å². The van der Waals surface area contributed by atoms with E-state index in [1.54, 1.807) is 49.8 Å². The van der Waals surface area contributed by atoms with Crippen LogP contribution >= 0.6 is 11.8 Å². The molecular formula is C22H18N6O2S. The molecule has 31 heavy (non-hydrogen) atoms. The van der Waals surface area contributed by atoms with Crippen LogP contribution in [-0.2, 0) is 11.3 Å². The fourth-order valence-corrected chi connectivity index (χ4v) is 3.76. The normalized spacial score (nSPS) is 11.6. The van der Waals surface area contributed by atoms with E-state index < -0.39 is 5.25 Å². The monoisotopic (exact) mass is 430 g/mol. The number of aromatic nitrogens is 4. The first-order chi connectivity index (χ1) is 15.1. The molecule has 0 saturated heterocycles. The Kier molecular flexibility index (Phi) is 6.10. The van der Waals surface area contributed by atoms with Crippen molar-refractivity contribution in [3.05, 3.63) is 78.5 Å². The zero-order chi connectivity index (χ0) is 21.6. The molecule has 1 N–H and O–H groups in total. The Labute approximate surface area is 182 Å². The average molecular weight is 430 g/mol. The summed E-state index contributed by atoms with van der Waals surface area (Å²) in [5.74, 6) is 1.19. The quantitative estimate of drug-likeness (QED) is 0.442. The van der Waals surface area contributed by atoms with Crippen molar-refractivity contribution >= 4 is 23.4 Å². The standard InChI is InChI=1S/C22H18N6O2S/c1-15(21(29)25-18-7-2-5-16(11-18)12-23)31-22-27-26-20(17-6-3-9-24-13-17)28(22)14-19-8-4-10-30-19/h2-11,13,15H,14H2,1H3,(H,25,29). The number of nitrogens with one attached hydrogen (secondary N) is 1. The molecule has 0 saturated carbocycles. The Morgan fingerprint density at radius 2 is 2.16 bits per heavy atom. The van der Waals surface area contributed by atoms with Gasteiger partial charge in [0, 0.05) is 23.6 Å². The van der Waals surface area contributed by atoms with Gasteiger partial charge in [0.1, 0.15) is 5.76 Å². The first kappa shape index (κ1) is 20.4. The van der Waals surface area contributed by atoms with Crippen molar-refractivity contribution in [1.82, 2.24) is 19.7 Å². The van der Waals surface area contributed by atoms with E-state index in [1.807, 2.05) is 28.8 Å². The number of carbonyl (C=O) groups is 1. The van der Waals surface area contributed by atoms with Crippen LogP contribution in [0.2, 0.25) is 0 Å². The van der Waals surface area contributed by atoms with E-state index in [9.17, 15) is 4.79 Å². The highest BCUT2D eigenvalue weighted by atomic mass is 32.2. The SMILES string of the molecule is CC(Sc1nnc(-c2cccnc2)n1Cc1ccco1)C(=O)Nc1cccc(C#N)c1. The third-order valence-corrected chi connectivity index (χ3v) is 5.52. The van der Waals surface area contributed by atoms with Gasteiger partial charge in [0.15, 0.2) is 11.0 Å². The molecule has 4 rings (SSSR count). The van der Waals surface area contributed by atoms with Crippen molar-refractivity contribution < 1.29 is 9.21 Å². The second-order valence-corrected chi connectivity index (χ2v) is 7.96. The number of hydrogen-bond acceptors (Lipinski definition) is 7. The lowest BCUT2D eigenvalue weighted by atomic mass is 10.2. The third kappa shape index (κ3) is 4.82. The number of benzene rings is 1. The van der Waals surface area contributed by atoms with Crippen LogP contribution in [0.15, 0.2) is 76.8 Å². The fourth-order valence-electron chi connectivity index (χ4n) is 2.91. The maximum atomic E-state index is 12.7. The van der Waals surface area contributed by atoms with Crippen LogP contribution in [0.1, 0.15) is 18.2 Å². The van der Waals surface area contributed by atoms with E-state index in [0.29, 0.717) is 28.8 Å². The van der Waals surface area contributed by atoms with E-state index >= 15 is 0 Å². The number of furan rings is 1. The predicted octanol–water partition coefficient (Wildman–Crippen LogP) is 3.97. The molecule has 1 aromatic carbocycles. The van der Waals surface area contributed by atoms with Gasteiger partial charge in [-0.05, 0) is 49.4 Å². The Hall–Kier alpha value is -3.90. The summed E-state index contributed by atoms with van der Waals surface area (Å²) in [5.41, 5.74) is 1.88. The van der Waals surface area contributed by atoms with E-state index in [-0.39, 0.29) is 5.91 Å². The summed E-state index contributed by atoms with van der Waals surface area (Å²) in [4.78, 5) is 16.9. The number of hydrogen-bond donors (Lipinski definition) is 1. The lowest BCUT2D eigenvalue weighted by Crippen LogP contribution is -2.23. The average Bonchev–Trinajstić information content (AvgIpc) is 3.45. The van der Waals surface area contributed by atoms with Crippen LogP contribution in [0.3, 0.4) is 0 Å². The lowest BCUT2D eigenvalue weighted by Gasteiger charge is -2.13. The highest BCUT2D eigenvalue weighted by molar-refractivity contribution is 8.00. The Balaban J connectivity index is 1.56. The molecular weight excluding hydrogens is 412 g/mol. The van der Waals surface area contributed by atoms with Crippen LogP contribution in [0.25, 0.3) is 11.4 Å². The van der Waals surface area contributed by atoms with Gasteiger partial charge in [0.2, 0.25) is 5.91 Å². The molecule has 9 heteroatoms. The predicted molar refractivity (Wildman–Crippen MR) is 116 cm³/mol. The summed E-state index contributed by atoms with van der Waals surface area (Å²) in [6, 6.07) is 16.3. The molecule has 0 radical (unpaired) electrons. The number of pyridine rings is 1. The molecule has 4 aromatic rings. The zero-order valence-corrected chi connectivity index (χ0v) is 17.4. The number of thioether (sulfide) groups is 1. The van der Waals surface area contributed by atoms with Gasteiger partial charge in [-0.1, -0.05) is 17.8 Å². The molecule has 3 heterocycles. The highest BCUT2D eigenvalue weighted by Gasteiger charge is 2.22. The zero-order valence-electron chi connectivity index (χ0n) is 16.6. The van der Waals surface area contributed by atoms with E-state index in [2.05, 4.69) is 26.6 Å². The number of amides is 1. The van der Waals surface area contributed by atoms with Gasteiger partial charge in [0.25, 0.3) is 0 Å². The molecule has 3 aromatic heterocycles. The number of carbonyl (C=O) groups excluding carboxylic acids is 1. The van der Waals surface area contributed by atoms with E-state index in [4.69, 9.17) is 9.68 Å². The van der Waals surface area contributed by atoms with Crippen molar-refractivity contribution in [3.63, 3.8) is 0 Å². The first-order valence-electron chi connectivity index (χ1n) is 9.47.